The number of aromatic nitrogens is 2. The van der Waals surface area contributed by atoms with Crippen molar-refractivity contribution in [2.45, 2.75) is 38.0 Å². The van der Waals surface area contributed by atoms with Crippen molar-refractivity contribution in [3.8, 4) is 11.3 Å². The maximum atomic E-state index is 13.2. The van der Waals surface area contributed by atoms with Crippen LogP contribution in [0, 0.1) is 6.92 Å². The number of hydrogen-bond acceptors (Lipinski definition) is 5. The summed E-state index contributed by atoms with van der Waals surface area (Å²) in [5.41, 5.74) is 4.06. The molecule has 0 aliphatic heterocycles. The molecule has 4 aromatic rings. The van der Waals surface area contributed by atoms with Crippen molar-refractivity contribution < 1.29 is 13.2 Å². The van der Waals surface area contributed by atoms with Crippen LogP contribution in [0.4, 0.5) is 11.4 Å². The Morgan fingerprint density at radius 2 is 1.58 bits per heavy atom. The van der Waals surface area contributed by atoms with Crippen LogP contribution < -0.4 is 10.0 Å². The zero-order chi connectivity index (χ0) is 25.9. The first-order valence-electron chi connectivity index (χ1n) is 11.5. The Hall–Kier alpha value is -4.04. The Bertz CT molecular complexity index is 1490. The molecule has 0 aliphatic carbocycles. The Labute approximate surface area is 211 Å². The summed E-state index contributed by atoms with van der Waals surface area (Å²) >= 11 is 0. The van der Waals surface area contributed by atoms with E-state index in [1.54, 1.807) is 48.7 Å². The molecule has 36 heavy (non-hydrogen) atoms. The number of amides is 1. The van der Waals surface area contributed by atoms with Crippen LogP contribution in [0.2, 0.25) is 0 Å². The molecule has 0 saturated carbocycles. The second-order valence-corrected chi connectivity index (χ2v) is 11.2. The molecule has 2 aromatic heterocycles. The van der Waals surface area contributed by atoms with Gasteiger partial charge in [0.15, 0.2) is 0 Å². The summed E-state index contributed by atoms with van der Waals surface area (Å²) in [6, 6.07) is 19.1. The van der Waals surface area contributed by atoms with Crippen LogP contribution in [0.15, 0.2) is 90.2 Å². The van der Waals surface area contributed by atoms with E-state index in [-0.39, 0.29) is 27.5 Å². The maximum Gasteiger partial charge on any atom is 0.261 e. The topological polar surface area (TPSA) is 101 Å². The standard InChI is InChI=1S/C28H28N4O3S/c1-19-7-13-22(14-8-19)36(34,35)32-25-6-5-16-30-26(25)23-15-17-29-18-24(23)27(33)31-21-11-9-20(10-12-21)28(2,3)4/h5-18,32H,1-4H3,(H,31,33). The van der Waals surface area contributed by atoms with Gasteiger partial charge < -0.3 is 5.32 Å². The van der Waals surface area contributed by atoms with Gasteiger partial charge in [-0.15, -0.1) is 0 Å². The normalized spacial score (nSPS) is 11.7. The van der Waals surface area contributed by atoms with Gasteiger partial charge in [0.05, 0.1) is 21.8 Å². The van der Waals surface area contributed by atoms with Crippen LogP contribution in [0.25, 0.3) is 11.3 Å². The van der Waals surface area contributed by atoms with Crippen molar-refractivity contribution in [2.24, 2.45) is 0 Å². The minimum absolute atomic E-state index is 0.000351. The molecule has 0 spiro atoms. The fourth-order valence-corrected chi connectivity index (χ4v) is 4.72. The van der Waals surface area contributed by atoms with E-state index >= 15 is 0 Å². The van der Waals surface area contributed by atoms with Crippen molar-refractivity contribution in [1.82, 2.24) is 9.97 Å². The Kier molecular flexibility index (Phi) is 6.90. The average Bonchev–Trinajstić information content (AvgIpc) is 2.84. The monoisotopic (exact) mass is 500 g/mol. The lowest BCUT2D eigenvalue weighted by atomic mass is 9.87. The van der Waals surface area contributed by atoms with E-state index in [0.717, 1.165) is 11.1 Å². The van der Waals surface area contributed by atoms with Crippen LogP contribution in [0.5, 0.6) is 0 Å². The van der Waals surface area contributed by atoms with Crippen molar-refractivity contribution in [3.63, 3.8) is 0 Å². The molecule has 8 heteroatoms. The highest BCUT2D eigenvalue weighted by Crippen LogP contribution is 2.30. The Balaban J connectivity index is 1.65. The Morgan fingerprint density at radius 3 is 2.25 bits per heavy atom. The zero-order valence-corrected chi connectivity index (χ0v) is 21.4. The minimum Gasteiger partial charge on any atom is -0.322 e. The zero-order valence-electron chi connectivity index (χ0n) is 20.6. The maximum absolute atomic E-state index is 13.2. The number of nitrogens with zero attached hydrogens (tertiary/aromatic N) is 2. The highest BCUT2D eigenvalue weighted by Gasteiger charge is 2.21. The van der Waals surface area contributed by atoms with Gasteiger partial charge in [0, 0.05) is 29.8 Å². The van der Waals surface area contributed by atoms with Gasteiger partial charge in [-0.3, -0.25) is 19.5 Å². The summed E-state index contributed by atoms with van der Waals surface area (Å²) in [7, 11) is -3.86. The van der Waals surface area contributed by atoms with Crippen molar-refractivity contribution in [1.29, 1.82) is 0 Å². The quantitative estimate of drug-likeness (QED) is 0.348. The van der Waals surface area contributed by atoms with Crippen LogP contribution in [0.1, 0.15) is 42.3 Å². The third-order valence-electron chi connectivity index (χ3n) is 5.71. The fraction of sp³-hybridized carbons (Fsp3) is 0.179. The molecular weight excluding hydrogens is 472 g/mol. The summed E-state index contributed by atoms with van der Waals surface area (Å²) in [5.74, 6) is -0.375. The van der Waals surface area contributed by atoms with Gasteiger partial charge in [-0.2, -0.15) is 0 Å². The van der Waals surface area contributed by atoms with Crippen LogP contribution in [-0.2, 0) is 15.4 Å². The lowest BCUT2D eigenvalue weighted by molar-refractivity contribution is 0.102. The fourth-order valence-electron chi connectivity index (χ4n) is 3.66. The van der Waals surface area contributed by atoms with Gasteiger partial charge in [-0.05, 0) is 60.4 Å². The molecule has 0 fully saturated rings. The molecule has 1 amide bonds. The number of hydrogen-bond donors (Lipinski definition) is 2. The Morgan fingerprint density at radius 1 is 0.889 bits per heavy atom. The van der Waals surface area contributed by atoms with Gasteiger partial charge in [0.2, 0.25) is 0 Å². The highest BCUT2D eigenvalue weighted by atomic mass is 32.2. The van der Waals surface area contributed by atoms with E-state index < -0.39 is 10.0 Å². The lowest BCUT2D eigenvalue weighted by Gasteiger charge is -2.19. The van der Waals surface area contributed by atoms with Crippen molar-refractivity contribution >= 4 is 27.3 Å². The molecule has 0 unspecified atom stereocenters. The molecule has 0 aliphatic rings. The molecule has 0 atom stereocenters. The molecule has 7 nitrogen and oxygen atoms in total. The summed E-state index contributed by atoms with van der Waals surface area (Å²) in [5, 5.41) is 2.90. The average molecular weight is 501 g/mol. The number of carbonyl (C=O) groups is 1. The summed E-state index contributed by atoms with van der Waals surface area (Å²) in [4.78, 5) is 21.9. The third-order valence-corrected chi connectivity index (χ3v) is 7.09. The molecule has 2 aromatic carbocycles. The molecule has 184 valence electrons. The molecule has 0 radical (unpaired) electrons. The smallest absolute Gasteiger partial charge is 0.261 e. The molecule has 2 heterocycles. The number of rotatable bonds is 6. The summed E-state index contributed by atoms with van der Waals surface area (Å²) in [6.45, 7) is 8.26. The number of carbonyl (C=O) groups excluding carboxylic acids is 1. The molecular formula is C28H28N4O3S. The minimum atomic E-state index is -3.86. The predicted molar refractivity (Wildman–Crippen MR) is 143 cm³/mol. The number of pyridine rings is 2. The van der Waals surface area contributed by atoms with E-state index in [9.17, 15) is 13.2 Å². The molecule has 2 N–H and O–H groups in total. The third kappa shape index (κ3) is 5.60. The first-order valence-corrected chi connectivity index (χ1v) is 12.9. The SMILES string of the molecule is Cc1ccc(S(=O)(=O)Nc2cccnc2-c2ccncc2C(=O)Nc2ccc(C(C)(C)C)cc2)cc1. The number of sulfonamides is 1. The second kappa shape index (κ2) is 9.91. The second-order valence-electron chi connectivity index (χ2n) is 9.52. The molecule has 0 bridgehead atoms. The lowest BCUT2D eigenvalue weighted by Crippen LogP contribution is -2.16. The van der Waals surface area contributed by atoms with E-state index in [1.165, 1.54) is 12.4 Å². The first kappa shape index (κ1) is 25.1. The van der Waals surface area contributed by atoms with Crippen LogP contribution in [-0.4, -0.2) is 24.3 Å². The van der Waals surface area contributed by atoms with Crippen LogP contribution in [0.3, 0.4) is 0 Å². The number of anilines is 2. The van der Waals surface area contributed by atoms with E-state index in [0.29, 0.717) is 16.9 Å². The summed E-state index contributed by atoms with van der Waals surface area (Å²) in [6.07, 6.45) is 4.53. The van der Waals surface area contributed by atoms with Crippen molar-refractivity contribution in [2.75, 3.05) is 10.0 Å². The number of benzene rings is 2. The van der Waals surface area contributed by atoms with Gasteiger partial charge in [0.25, 0.3) is 15.9 Å². The van der Waals surface area contributed by atoms with E-state index in [4.69, 9.17) is 0 Å². The van der Waals surface area contributed by atoms with Gasteiger partial charge >= 0.3 is 0 Å². The largest absolute Gasteiger partial charge is 0.322 e. The van der Waals surface area contributed by atoms with Crippen LogP contribution >= 0.6 is 0 Å². The van der Waals surface area contributed by atoms with Gasteiger partial charge in [-0.25, -0.2) is 8.42 Å². The predicted octanol–water partition coefficient (Wildman–Crippen LogP) is 5.80. The van der Waals surface area contributed by atoms with E-state index in [2.05, 4.69) is 40.8 Å². The van der Waals surface area contributed by atoms with Gasteiger partial charge in [0.1, 0.15) is 0 Å². The summed E-state index contributed by atoms with van der Waals surface area (Å²) < 4.78 is 28.7. The first-order chi connectivity index (χ1) is 17.0. The number of aryl methyl sites for hydroxylation is 1. The number of nitrogens with one attached hydrogen (secondary N) is 2. The highest BCUT2D eigenvalue weighted by molar-refractivity contribution is 7.92. The van der Waals surface area contributed by atoms with E-state index in [1.807, 2.05) is 31.2 Å². The van der Waals surface area contributed by atoms with Crippen molar-refractivity contribution in [3.05, 3.63) is 102 Å². The van der Waals surface area contributed by atoms with Gasteiger partial charge in [-0.1, -0.05) is 50.6 Å². The molecule has 4 rings (SSSR count). The molecule has 0 saturated heterocycles.